The van der Waals surface area contributed by atoms with Crippen LogP contribution in [0.2, 0.25) is 5.02 Å². The van der Waals surface area contributed by atoms with E-state index in [4.69, 9.17) is 21.1 Å². The van der Waals surface area contributed by atoms with Gasteiger partial charge >= 0.3 is 0 Å². The Kier molecular flexibility index (Phi) is 7.95. The van der Waals surface area contributed by atoms with Crippen LogP contribution in [0.4, 0.5) is 0 Å². The maximum Gasteiger partial charge on any atom is 0.260 e. The number of halogens is 1. The van der Waals surface area contributed by atoms with Crippen LogP contribution in [0.3, 0.4) is 0 Å². The minimum absolute atomic E-state index is 0.130. The van der Waals surface area contributed by atoms with Gasteiger partial charge in [0.1, 0.15) is 11.5 Å². The van der Waals surface area contributed by atoms with Crippen LogP contribution in [0.15, 0.2) is 48.5 Å². The Morgan fingerprint density at radius 2 is 1.92 bits per heavy atom. The number of carbonyl (C=O) groups is 1. The van der Waals surface area contributed by atoms with Gasteiger partial charge < -0.3 is 14.8 Å². The van der Waals surface area contributed by atoms with Gasteiger partial charge in [0.05, 0.1) is 7.11 Å². The smallest absolute Gasteiger partial charge is 0.260 e. The molecule has 0 aliphatic heterocycles. The SMILES string of the molecule is COc1cccc(OC(C)C(=O)NCCSCc2ccc(Cl)cc2)c1. The normalized spacial score (nSPS) is 11.6. The third kappa shape index (κ3) is 6.88. The summed E-state index contributed by atoms with van der Waals surface area (Å²) in [4.78, 5) is 12.1. The Hall–Kier alpha value is -1.85. The molecule has 0 spiro atoms. The lowest BCUT2D eigenvalue weighted by Crippen LogP contribution is -2.37. The van der Waals surface area contributed by atoms with Crippen molar-refractivity contribution in [1.29, 1.82) is 0 Å². The van der Waals surface area contributed by atoms with E-state index in [0.29, 0.717) is 18.0 Å². The van der Waals surface area contributed by atoms with Crippen LogP contribution in [-0.2, 0) is 10.5 Å². The van der Waals surface area contributed by atoms with Crippen molar-refractivity contribution >= 4 is 29.3 Å². The van der Waals surface area contributed by atoms with Crippen molar-refractivity contribution in [3.8, 4) is 11.5 Å². The van der Waals surface area contributed by atoms with Gasteiger partial charge in [-0.2, -0.15) is 11.8 Å². The van der Waals surface area contributed by atoms with Crippen molar-refractivity contribution in [1.82, 2.24) is 5.32 Å². The molecule has 4 nitrogen and oxygen atoms in total. The molecule has 2 aromatic carbocycles. The van der Waals surface area contributed by atoms with Crippen molar-refractivity contribution in [2.75, 3.05) is 19.4 Å². The Bertz CT molecular complexity index is 679. The molecule has 1 atom stereocenters. The zero-order valence-corrected chi connectivity index (χ0v) is 15.9. The predicted molar refractivity (Wildman–Crippen MR) is 104 cm³/mol. The van der Waals surface area contributed by atoms with Gasteiger partial charge in [-0.3, -0.25) is 4.79 Å². The molecule has 6 heteroatoms. The van der Waals surface area contributed by atoms with Gasteiger partial charge in [0, 0.05) is 29.1 Å². The number of carbonyl (C=O) groups excluding carboxylic acids is 1. The molecule has 0 heterocycles. The van der Waals surface area contributed by atoms with Crippen molar-refractivity contribution < 1.29 is 14.3 Å². The van der Waals surface area contributed by atoms with Gasteiger partial charge in [-0.25, -0.2) is 0 Å². The summed E-state index contributed by atoms with van der Waals surface area (Å²) in [5.41, 5.74) is 1.22. The molecule has 0 fully saturated rings. The molecule has 2 rings (SSSR count). The Morgan fingerprint density at radius 1 is 1.20 bits per heavy atom. The van der Waals surface area contributed by atoms with E-state index in [-0.39, 0.29) is 5.91 Å². The second-order valence-electron chi connectivity index (χ2n) is 5.41. The van der Waals surface area contributed by atoms with E-state index in [0.717, 1.165) is 16.5 Å². The third-order valence-electron chi connectivity index (χ3n) is 3.45. The first-order chi connectivity index (χ1) is 12.1. The lowest BCUT2D eigenvalue weighted by atomic mass is 10.2. The molecular weight excluding hydrogens is 358 g/mol. The molecule has 2 aromatic rings. The van der Waals surface area contributed by atoms with E-state index in [1.54, 1.807) is 37.9 Å². The van der Waals surface area contributed by atoms with Gasteiger partial charge in [-0.1, -0.05) is 29.8 Å². The number of nitrogens with one attached hydrogen (secondary N) is 1. The molecule has 0 radical (unpaired) electrons. The topological polar surface area (TPSA) is 47.6 Å². The maximum absolute atomic E-state index is 12.1. The Balaban J connectivity index is 1.66. The van der Waals surface area contributed by atoms with Gasteiger partial charge in [-0.15, -0.1) is 0 Å². The summed E-state index contributed by atoms with van der Waals surface area (Å²) in [5.74, 6) is 2.90. The number of hydrogen-bond donors (Lipinski definition) is 1. The molecule has 1 N–H and O–H groups in total. The number of ether oxygens (including phenoxy) is 2. The summed E-state index contributed by atoms with van der Waals surface area (Å²) >= 11 is 7.62. The maximum atomic E-state index is 12.1. The van der Waals surface area contributed by atoms with Crippen LogP contribution in [0, 0.1) is 0 Å². The summed E-state index contributed by atoms with van der Waals surface area (Å²) in [6, 6.07) is 15.0. The summed E-state index contributed by atoms with van der Waals surface area (Å²) in [6.45, 7) is 2.33. The van der Waals surface area contributed by atoms with Crippen LogP contribution in [0.5, 0.6) is 11.5 Å². The number of amides is 1. The minimum Gasteiger partial charge on any atom is -0.497 e. The fourth-order valence-electron chi connectivity index (χ4n) is 2.09. The van der Waals surface area contributed by atoms with Crippen LogP contribution in [0.1, 0.15) is 12.5 Å². The molecule has 0 bridgehead atoms. The van der Waals surface area contributed by atoms with Crippen LogP contribution < -0.4 is 14.8 Å². The molecule has 0 aliphatic rings. The highest BCUT2D eigenvalue weighted by atomic mass is 35.5. The fourth-order valence-corrected chi connectivity index (χ4v) is 3.04. The monoisotopic (exact) mass is 379 g/mol. The Labute approximate surface area is 157 Å². The first-order valence-corrected chi connectivity index (χ1v) is 9.52. The molecular formula is C19H22ClNO3S. The highest BCUT2D eigenvalue weighted by molar-refractivity contribution is 7.98. The number of hydrogen-bond acceptors (Lipinski definition) is 4. The molecule has 25 heavy (non-hydrogen) atoms. The van der Waals surface area contributed by atoms with Crippen molar-refractivity contribution in [2.45, 2.75) is 18.8 Å². The zero-order chi connectivity index (χ0) is 18.1. The average Bonchev–Trinajstić information content (AvgIpc) is 2.63. The van der Waals surface area contributed by atoms with E-state index in [9.17, 15) is 4.79 Å². The van der Waals surface area contributed by atoms with E-state index in [1.165, 1.54) is 5.56 Å². The Morgan fingerprint density at radius 3 is 2.64 bits per heavy atom. The van der Waals surface area contributed by atoms with Crippen LogP contribution in [0.25, 0.3) is 0 Å². The fraction of sp³-hybridized carbons (Fsp3) is 0.316. The first-order valence-electron chi connectivity index (χ1n) is 7.99. The van der Waals surface area contributed by atoms with Crippen LogP contribution in [-0.4, -0.2) is 31.4 Å². The van der Waals surface area contributed by atoms with Gasteiger partial charge in [-0.05, 0) is 36.8 Å². The van der Waals surface area contributed by atoms with Gasteiger partial charge in [0.15, 0.2) is 6.10 Å². The zero-order valence-electron chi connectivity index (χ0n) is 14.3. The molecule has 134 valence electrons. The summed E-state index contributed by atoms with van der Waals surface area (Å²) in [5, 5.41) is 3.63. The summed E-state index contributed by atoms with van der Waals surface area (Å²) < 4.78 is 10.8. The molecule has 0 saturated carbocycles. The summed E-state index contributed by atoms with van der Waals surface area (Å²) in [6.07, 6.45) is -0.562. The largest absolute Gasteiger partial charge is 0.497 e. The lowest BCUT2D eigenvalue weighted by molar-refractivity contribution is -0.127. The van der Waals surface area contributed by atoms with E-state index >= 15 is 0 Å². The second-order valence-corrected chi connectivity index (χ2v) is 6.95. The van der Waals surface area contributed by atoms with Crippen molar-refractivity contribution in [2.24, 2.45) is 0 Å². The van der Waals surface area contributed by atoms with E-state index < -0.39 is 6.10 Å². The minimum atomic E-state index is -0.562. The van der Waals surface area contributed by atoms with Crippen molar-refractivity contribution in [3.63, 3.8) is 0 Å². The van der Waals surface area contributed by atoms with Gasteiger partial charge in [0.25, 0.3) is 5.91 Å². The van der Waals surface area contributed by atoms with Crippen LogP contribution >= 0.6 is 23.4 Å². The average molecular weight is 380 g/mol. The molecule has 0 aromatic heterocycles. The third-order valence-corrected chi connectivity index (χ3v) is 4.73. The molecule has 1 amide bonds. The highest BCUT2D eigenvalue weighted by Crippen LogP contribution is 2.20. The first kappa shape index (κ1) is 19.5. The van der Waals surface area contributed by atoms with Gasteiger partial charge in [0.2, 0.25) is 0 Å². The van der Waals surface area contributed by atoms with E-state index in [2.05, 4.69) is 5.32 Å². The lowest BCUT2D eigenvalue weighted by Gasteiger charge is -2.15. The number of benzene rings is 2. The predicted octanol–water partition coefficient (Wildman–Crippen LogP) is 4.17. The molecule has 0 saturated heterocycles. The molecule has 0 aliphatic carbocycles. The summed E-state index contributed by atoms with van der Waals surface area (Å²) in [7, 11) is 1.59. The number of rotatable bonds is 9. The standard InChI is InChI=1S/C19H22ClNO3S/c1-14(24-18-5-3-4-17(12-18)23-2)19(22)21-10-11-25-13-15-6-8-16(20)9-7-15/h3-9,12,14H,10-11,13H2,1-2H3,(H,21,22). The number of thioether (sulfide) groups is 1. The highest BCUT2D eigenvalue weighted by Gasteiger charge is 2.14. The number of methoxy groups -OCH3 is 1. The van der Waals surface area contributed by atoms with Crippen molar-refractivity contribution in [3.05, 3.63) is 59.1 Å². The quantitative estimate of drug-likeness (QED) is 0.664. The molecule has 1 unspecified atom stereocenters. The van der Waals surface area contributed by atoms with E-state index in [1.807, 2.05) is 36.4 Å². The second kappa shape index (κ2) is 10.2.